The highest BCUT2D eigenvalue weighted by atomic mass is 79.9. The summed E-state index contributed by atoms with van der Waals surface area (Å²) < 4.78 is 44.9. The first-order valence-electron chi connectivity index (χ1n) is 5.24. The van der Waals surface area contributed by atoms with Crippen LogP contribution in [0, 0.1) is 0 Å². The number of anilines is 1. The van der Waals surface area contributed by atoms with Crippen LogP contribution in [0.25, 0.3) is 0 Å². The fraction of sp³-hybridized carbons (Fsp3) is 0.364. The van der Waals surface area contributed by atoms with E-state index in [1.807, 2.05) is 0 Å². The lowest BCUT2D eigenvalue weighted by Crippen LogP contribution is -2.19. The van der Waals surface area contributed by atoms with Crippen molar-refractivity contribution in [3.8, 4) is 5.75 Å². The number of amides is 1. The fourth-order valence-electron chi connectivity index (χ4n) is 1.18. The lowest BCUT2D eigenvalue weighted by molar-refractivity contribution is -0.274. The molecule has 4 nitrogen and oxygen atoms in total. The number of alkyl halides is 3. The molecule has 0 fully saturated rings. The minimum absolute atomic E-state index is 0.121. The first-order chi connectivity index (χ1) is 8.81. The Morgan fingerprint density at radius 2 is 2.11 bits per heavy atom. The van der Waals surface area contributed by atoms with Gasteiger partial charge >= 0.3 is 6.36 Å². The van der Waals surface area contributed by atoms with Crippen molar-refractivity contribution in [2.75, 3.05) is 18.5 Å². The Hall–Kier alpha value is -1.28. The third-order valence-corrected chi connectivity index (χ3v) is 2.54. The monoisotopic (exact) mass is 341 g/mol. The third kappa shape index (κ3) is 5.93. The zero-order chi connectivity index (χ0) is 14.5. The van der Waals surface area contributed by atoms with Crippen molar-refractivity contribution >= 4 is 27.5 Å². The van der Waals surface area contributed by atoms with E-state index in [4.69, 9.17) is 4.74 Å². The molecule has 19 heavy (non-hydrogen) atoms. The average Bonchev–Trinajstić information content (AvgIpc) is 2.28. The van der Waals surface area contributed by atoms with Crippen LogP contribution >= 0.6 is 15.9 Å². The van der Waals surface area contributed by atoms with Crippen LogP contribution in [0.3, 0.4) is 0 Å². The summed E-state index contributed by atoms with van der Waals surface area (Å²) >= 11 is 3.05. The Balaban J connectivity index is 2.69. The quantitative estimate of drug-likeness (QED) is 0.893. The summed E-state index contributed by atoms with van der Waals surface area (Å²) in [4.78, 5) is 11.4. The summed E-state index contributed by atoms with van der Waals surface area (Å²) in [6.07, 6.45) is -4.75. The smallest absolute Gasteiger partial charge is 0.406 e. The molecule has 1 aromatic carbocycles. The number of hydrogen-bond acceptors (Lipinski definition) is 3. The van der Waals surface area contributed by atoms with E-state index in [9.17, 15) is 18.0 Å². The zero-order valence-electron chi connectivity index (χ0n) is 9.88. The molecule has 0 aromatic heterocycles. The molecule has 1 amide bonds. The SMILES string of the molecule is CCOCC(=O)Nc1ccc(OC(F)(F)F)cc1Br. The Bertz CT molecular complexity index is 451. The average molecular weight is 342 g/mol. The van der Waals surface area contributed by atoms with Gasteiger partial charge in [0, 0.05) is 11.1 Å². The van der Waals surface area contributed by atoms with Crippen LogP contribution in [0.15, 0.2) is 22.7 Å². The molecular formula is C11H11BrF3NO3. The molecule has 0 bridgehead atoms. The van der Waals surface area contributed by atoms with Gasteiger partial charge in [-0.15, -0.1) is 13.2 Å². The molecule has 0 radical (unpaired) electrons. The van der Waals surface area contributed by atoms with Gasteiger partial charge in [0.15, 0.2) is 0 Å². The van der Waals surface area contributed by atoms with Crippen LogP contribution in [0.5, 0.6) is 5.75 Å². The van der Waals surface area contributed by atoms with Gasteiger partial charge in [-0.2, -0.15) is 0 Å². The maximum Gasteiger partial charge on any atom is 0.573 e. The van der Waals surface area contributed by atoms with E-state index < -0.39 is 12.3 Å². The Kier molecular flexibility index (Phi) is 5.61. The molecule has 8 heteroatoms. The topological polar surface area (TPSA) is 47.6 Å². The van der Waals surface area contributed by atoms with Crippen molar-refractivity contribution in [1.82, 2.24) is 0 Å². The van der Waals surface area contributed by atoms with Crippen LogP contribution < -0.4 is 10.1 Å². The third-order valence-electron chi connectivity index (χ3n) is 1.89. The molecule has 0 saturated carbocycles. The molecule has 0 aliphatic rings. The summed E-state index contributed by atoms with van der Waals surface area (Å²) in [5.74, 6) is -0.769. The lowest BCUT2D eigenvalue weighted by Gasteiger charge is -2.11. The van der Waals surface area contributed by atoms with Gasteiger partial charge in [-0.05, 0) is 41.1 Å². The zero-order valence-corrected chi connectivity index (χ0v) is 11.5. The second kappa shape index (κ2) is 6.76. The Morgan fingerprint density at radius 1 is 1.42 bits per heavy atom. The molecule has 1 rings (SSSR count). The molecular weight excluding hydrogens is 331 g/mol. The van der Waals surface area contributed by atoms with Crippen molar-refractivity contribution in [3.05, 3.63) is 22.7 Å². The van der Waals surface area contributed by atoms with Crippen LogP contribution in [-0.4, -0.2) is 25.5 Å². The summed E-state index contributed by atoms with van der Waals surface area (Å²) in [6, 6.07) is 3.52. The first-order valence-corrected chi connectivity index (χ1v) is 6.04. The molecule has 106 valence electrons. The van der Waals surface area contributed by atoms with Gasteiger partial charge in [-0.3, -0.25) is 4.79 Å². The van der Waals surface area contributed by atoms with E-state index in [-0.39, 0.29) is 16.8 Å². The maximum atomic E-state index is 12.0. The first kappa shape index (κ1) is 15.8. The van der Waals surface area contributed by atoms with Crippen molar-refractivity contribution in [2.45, 2.75) is 13.3 Å². The van der Waals surface area contributed by atoms with Gasteiger partial charge in [-0.1, -0.05) is 0 Å². The van der Waals surface area contributed by atoms with Gasteiger partial charge in [0.1, 0.15) is 12.4 Å². The van der Waals surface area contributed by atoms with Gasteiger partial charge < -0.3 is 14.8 Å². The van der Waals surface area contributed by atoms with Crippen molar-refractivity contribution < 1.29 is 27.4 Å². The minimum atomic E-state index is -4.75. The molecule has 0 aliphatic carbocycles. The predicted octanol–water partition coefficient (Wildman–Crippen LogP) is 3.32. The number of carbonyl (C=O) groups excluding carboxylic acids is 1. The second-order valence-corrected chi connectivity index (χ2v) is 4.23. The molecule has 1 aromatic rings. The molecule has 0 heterocycles. The van der Waals surface area contributed by atoms with E-state index in [0.717, 1.165) is 12.1 Å². The van der Waals surface area contributed by atoms with E-state index >= 15 is 0 Å². The number of ether oxygens (including phenoxy) is 2. The number of nitrogens with one attached hydrogen (secondary N) is 1. The molecule has 0 aliphatic heterocycles. The van der Waals surface area contributed by atoms with Crippen molar-refractivity contribution in [3.63, 3.8) is 0 Å². The standard InChI is InChI=1S/C11H11BrF3NO3/c1-2-18-6-10(17)16-9-4-3-7(5-8(9)12)19-11(13,14)15/h3-5H,2,6H2,1H3,(H,16,17). The van der Waals surface area contributed by atoms with Crippen molar-refractivity contribution in [2.24, 2.45) is 0 Å². The molecule has 1 N–H and O–H groups in total. The Labute approximate surface area is 116 Å². The number of rotatable bonds is 5. The summed E-state index contributed by atoms with van der Waals surface area (Å²) in [5.41, 5.74) is 0.333. The highest BCUT2D eigenvalue weighted by Gasteiger charge is 2.31. The Morgan fingerprint density at radius 3 is 2.63 bits per heavy atom. The largest absolute Gasteiger partial charge is 0.573 e. The van der Waals surface area contributed by atoms with Gasteiger partial charge in [0.05, 0.1) is 5.69 Å². The van der Waals surface area contributed by atoms with E-state index in [1.165, 1.54) is 6.07 Å². The van der Waals surface area contributed by atoms with Crippen LogP contribution in [-0.2, 0) is 9.53 Å². The molecule has 0 saturated heterocycles. The van der Waals surface area contributed by atoms with E-state index in [2.05, 4.69) is 26.0 Å². The van der Waals surface area contributed by atoms with E-state index in [1.54, 1.807) is 6.92 Å². The number of benzene rings is 1. The summed E-state index contributed by atoms with van der Waals surface area (Å²) in [6.45, 7) is 2.02. The van der Waals surface area contributed by atoms with Gasteiger partial charge in [-0.25, -0.2) is 0 Å². The maximum absolute atomic E-state index is 12.0. The number of hydrogen-bond donors (Lipinski definition) is 1. The van der Waals surface area contributed by atoms with Crippen LogP contribution in [0.4, 0.5) is 18.9 Å². The molecule has 0 unspecified atom stereocenters. The normalized spacial score (nSPS) is 11.2. The highest BCUT2D eigenvalue weighted by Crippen LogP contribution is 2.30. The van der Waals surface area contributed by atoms with Crippen molar-refractivity contribution in [1.29, 1.82) is 0 Å². The van der Waals surface area contributed by atoms with Gasteiger partial charge in [0.25, 0.3) is 0 Å². The highest BCUT2D eigenvalue weighted by molar-refractivity contribution is 9.10. The summed E-state index contributed by atoms with van der Waals surface area (Å²) in [5, 5.41) is 2.49. The van der Waals surface area contributed by atoms with Crippen LogP contribution in [0.2, 0.25) is 0 Å². The number of halogens is 4. The number of carbonyl (C=O) groups is 1. The van der Waals surface area contributed by atoms with E-state index in [0.29, 0.717) is 12.3 Å². The van der Waals surface area contributed by atoms with Crippen LogP contribution in [0.1, 0.15) is 6.92 Å². The van der Waals surface area contributed by atoms with Gasteiger partial charge in [0.2, 0.25) is 5.91 Å². The fourth-order valence-corrected chi connectivity index (χ4v) is 1.63. The molecule has 0 spiro atoms. The molecule has 0 atom stereocenters. The lowest BCUT2D eigenvalue weighted by atomic mass is 10.3. The minimum Gasteiger partial charge on any atom is -0.406 e. The summed E-state index contributed by atoms with van der Waals surface area (Å²) in [7, 11) is 0. The second-order valence-electron chi connectivity index (χ2n) is 3.37. The predicted molar refractivity (Wildman–Crippen MR) is 65.9 cm³/mol.